The number of halogens is 1. The predicted molar refractivity (Wildman–Crippen MR) is 135 cm³/mol. The van der Waals surface area contributed by atoms with Crippen molar-refractivity contribution < 1.29 is 23.6 Å². The Kier molecular flexibility index (Phi) is 6.85. The summed E-state index contributed by atoms with van der Waals surface area (Å²) in [4.78, 5) is 37.4. The summed E-state index contributed by atoms with van der Waals surface area (Å²) in [6, 6.07) is 18.4. The van der Waals surface area contributed by atoms with Crippen LogP contribution in [0.3, 0.4) is 0 Å². The zero-order valence-electron chi connectivity index (χ0n) is 20.1. The number of nitrogens with one attached hydrogen (secondary N) is 1. The highest BCUT2D eigenvalue weighted by Crippen LogP contribution is 2.31. The van der Waals surface area contributed by atoms with E-state index in [4.69, 9.17) is 4.74 Å². The van der Waals surface area contributed by atoms with E-state index in [0.29, 0.717) is 38.0 Å². The zero-order chi connectivity index (χ0) is 25.9. The molecule has 2 aliphatic rings. The van der Waals surface area contributed by atoms with E-state index in [-0.39, 0.29) is 17.4 Å². The fourth-order valence-corrected chi connectivity index (χ4v) is 4.97. The minimum atomic E-state index is -0.806. The second kappa shape index (κ2) is 10.4. The number of amides is 2. The number of nitro groups is 1. The Hall–Kier alpha value is -4.27. The van der Waals surface area contributed by atoms with Crippen molar-refractivity contribution in [1.82, 2.24) is 4.90 Å². The van der Waals surface area contributed by atoms with Crippen LogP contribution >= 0.6 is 0 Å². The highest BCUT2D eigenvalue weighted by molar-refractivity contribution is 5.95. The summed E-state index contributed by atoms with van der Waals surface area (Å²) in [5.74, 6) is -0.406. The van der Waals surface area contributed by atoms with Gasteiger partial charge in [-0.05, 0) is 67.0 Å². The molecule has 1 saturated heterocycles. The standard InChI is InChI=1S/C28H26FN3O5/c29-22-15-21(16-24(17-22)32(35)36)28(34)31-13-11-19(12-14-31)18-5-8-23(9-6-18)30-27(33)26-10-7-20-3-1-2-4-25(20)37-26/h1-6,8-9,15-17,19,26H,7,10-14H2,(H,30,33). The molecule has 0 radical (unpaired) electrons. The number of hydrogen-bond acceptors (Lipinski definition) is 5. The molecule has 2 heterocycles. The summed E-state index contributed by atoms with van der Waals surface area (Å²) in [7, 11) is 0. The van der Waals surface area contributed by atoms with E-state index in [1.165, 1.54) is 0 Å². The molecule has 37 heavy (non-hydrogen) atoms. The van der Waals surface area contributed by atoms with Gasteiger partial charge in [-0.2, -0.15) is 0 Å². The largest absolute Gasteiger partial charge is 0.480 e. The minimum Gasteiger partial charge on any atom is -0.480 e. The number of non-ortho nitro benzene ring substituents is 1. The van der Waals surface area contributed by atoms with Gasteiger partial charge < -0.3 is 15.0 Å². The number of benzene rings is 3. The third-order valence-electron chi connectivity index (χ3n) is 6.98. The average Bonchev–Trinajstić information content (AvgIpc) is 2.92. The number of anilines is 1. The van der Waals surface area contributed by atoms with Gasteiger partial charge in [-0.3, -0.25) is 19.7 Å². The molecular weight excluding hydrogens is 477 g/mol. The highest BCUT2D eigenvalue weighted by Gasteiger charge is 2.27. The molecule has 1 fully saturated rings. The first-order valence-corrected chi connectivity index (χ1v) is 12.3. The summed E-state index contributed by atoms with van der Waals surface area (Å²) in [5, 5.41) is 13.9. The second-order valence-corrected chi connectivity index (χ2v) is 9.39. The number of fused-ring (bicyclic) bond motifs is 1. The van der Waals surface area contributed by atoms with Gasteiger partial charge in [-0.25, -0.2) is 4.39 Å². The lowest BCUT2D eigenvalue weighted by Crippen LogP contribution is -2.38. The van der Waals surface area contributed by atoms with E-state index in [0.717, 1.165) is 41.5 Å². The lowest BCUT2D eigenvalue weighted by molar-refractivity contribution is -0.385. The van der Waals surface area contributed by atoms with Gasteiger partial charge in [-0.15, -0.1) is 0 Å². The van der Waals surface area contributed by atoms with Crippen LogP contribution in [0.25, 0.3) is 0 Å². The van der Waals surface area contributed by atoms with E-state index in [2.05, 4.69) is 5.32 Å². The van der Waals surface area contributed by atoms with Crippen molar-refractivity contribution in [3.8, 4) is 5.75 Å². The molecule has 1 N–H and O–H groups in total. The Morgan fingerprint density at radius 3 is 2.46 bits per heavy atom. The first-order valence-electron chi connectivity index (χ1n) is 12.3. The molecule has 190 valence electrons. The van der Waals surface area contributed by atoms with Gasteiger partial charge >= 0.3 is 0 Å². The van der Waals surface area contributed by atoms with Crippen molar-refractivity contribution >= 4 is 23.2 Å². The minimum absolute atomic E-state index is 0.0179. The molecule has 0 aliphatic carbocycles. The first-order chi connectivity index (χ1) is 17.9. The number of hydrogen-bond donors (Lipinski definition) is 1. The Morgan fingerprint density at radius 1 is 1.00 bits per heavy atom. The molecule has 0 saturated carbocycles. The fourth-order valence-electron chi connectivity index (χ4n) is 4.97. The molecule has 5 rings (SSSR count). The van der Waals surface area contributed by atoms with E-state index in [1.54, 1.807) is 4.90 Å². The van der Waals surface area contributed by atoms with Gasteiger partial charge in [-0.1, -0.05) is 30.3 Å². The summed E-state index contributed by atoms with van der Waals surface area (Å²) in [6.45, 7) is 0.930. The molecule has 3 aromatic carbocycles. The highest BCUT2D eigenvalue weighted by atomic mass is 19.1. The topological polar surface area (TPSA) is 102 Å². The fraction of sp³-hybridized carbons (Fsp3) is 0.286. The van der Waals surface area contributed by atoms with Gasteiger partial charge in [0.15, 0.2) is 6.10 Å². The van der Waals surface area contributed by atoms with Crippen molar-refractivity contribution in [2.24, 2.45) is 0 Å². The molecule has 0 spiro atoms. The number of para-hydroxylation sites is 1. The summed E-state index contributed by atoms with van der Waals surface area (Å²) < 4.78 is 19.6. The number of piperidine rings is 1. The molecule has 2 amide bonds. The lowest BCUT2D eigenvalue weighted by Gasteiger charge is -2.32. The lowest BCUT2D eigenvalue weighted by atomic mass is 9.89. The zero-order valence-corrected chi connectivity index (χ0v) is 20.1. The van der Waals surface area contributed by atoms with Gasteiger partial charge in [0.05, 0.1) is 11.0 Å². The Morgan fingerprint density at radius 2 is 1.73 bits per heavy atom. The Bertz CT molecular complexity index is 1340. The number of nitro benzene ring substituents is 1. The third kappa shape index (κ3) is 5.45. The van der Waals surface area contributed by atoms with Crippen LogP contribution in [0, 0.1) is 15.9 Å². The van der Waals surface area contributed by atoms with Crippen LogP contribution in [0.1, 0.15) is 46.7 Å². The van der Waals surface area contributed by atoms with Crippen LogP contribution in [-0.2, 0) is 11.2 Å². The third-order valence-corrected chi connectivity index (χ3v) is 6.98. The van der Waals surface area contributed by atoms with Gasteiger partial charge in [0.2, 0.25) is 0 Å². The number of aryl methyl sites for hydroxylation is 1. The van der Waals surface area contributed by atoms with Crippen molar-refractivity contribution in [3.63, 3.8) is 0 Å². The molecule has 8 nitrogen and oxygen atoms in total. The maximum Gasteiger partial charge on any atom is 0.273 e. The van der Waals surface area contributed by atoms with Crippen LogP contribution in [0.15, 0.2) is 66.7 Å². The molecule has 3 aromatic rings. The molecule has 2 aliphatic heterocycles. The number of rotatable bonds is 5. The molecular formula is C28H26FN3O5. The quantitative estimate of drug-likeness (QED) is 0.386. The Balaban J connectivity index is 1.15. The van der Waals surface area contributed by atoms with Gasteiger partial charge in [0.25, 0.3) is 17.5 Å². The van der Waals surface area contributed by atoms with Crippen LogP contribution in [0.4, 0.5) is 15.8 Å². The van der Waals surface area contributed by atoms with Crippen LogP contribution in [0.2, 0.25) is 0 Å². The van der Waals surface area contributed by atoms with Crippen molar-refractivity contribution in [2.75, 3.05) is 18.4 Å². The number of likely N-dealkylation sites (tertiary alicyclic amines) is 1. The van der Waals surface area contributed by atoms with Crippen molar-refractivity contribution in [1.29, 1.82) is 0 Å². The molecule has 0 bridgehead atoms. The molecule has 0 aromatic heterocycles. The maximum atomic E-state index is 13.8. The average molecular weight is 504 g/mol. The number of carbonyl (C=O) groups excluding carboxylic acids is 2. The number of ether oxygens (including phenoxy) is 1. The maximum absolute atomic E-state index is 13.8. The van der Waals surface area contributed by atoms with Crippen LogP contribution in [0.5, 0.6) is 5.75 Å². The summed E-state index contributed by atoms with van der Waals surface area (Å²) in [5.41, 5.74) is 2.45. The number of nitrogens with zero attached hydrogens (tertiary/aromatic N) is 2. The van der Waals surface area contributed by atoms with Crippen molar-refractivity contribution in [2.45, 2.75) is 37.7 Å². The van der Waals surface area contributed by atoms with Crippen molar-refractivity contribution in [3.05, 3.63) is 99.4 Å². The summed E-state index contributed by atoms with van der Waals surface area (Å²) >= 11 is 0. The van der Waals surface area contributed by atoms with E-state index in [1.807, 2.05) is 48.5 Å². The predicted octanol–water partition coefficient (Wildman–Crippen LogP) is 5.09. The second-order valence-electron chi connectivity index (χ2n) is 9.39. The van der Waals surface area contributed by atoms with E-state index < -0.39 is 28.4 Å². The normalized spacial score (nSPS) is 17.4. The van der Waals surface area contributed by atoms with Gasteiger partial charge in [0, 0.05) is 30.4 Å². The van der Waals surface area contributed by atoms with E-state index >= 15 is 0 Å². The Labute approximate surface area is 213 Å². The SMILES string of the molecule is O=C(Nc1ccc(C2CCN(C(=O)c3cc(F)cc([N+](=O)[O-])c3)CC2)cc1)C1CCc2ccccc2O1. The van der Waals surface area contributed by atoms with E-state index in [9.17, 15) is 24.1 Å². The number of carbonyl (C=O) groups is 2. The summed E-state index contributed by atoms with van der Waals surface area (Å²) in [6.07, 6.45) is 2.32. The molecule has 1 atom stereocenters. The monoisotopic (exact) mass is 503 g/mol. The first kappa shape index (κ1) is 24.4. The molecule has 9 heteroatoms. The van der Waals surface area contributed by atoms with Gasteiger partial charge in [0.1, 0.15) is 11.6 Å². The van der Waals surface area contributed by atoms with Crippen LogP contribution in [-0.4, -0.2) is 40.8 Å². The smallest absolute Gasteiger partial charge is 0.273 e. The van der Waals surface area contributed by atoms with Crippen LogP contribution < -0.4 is 10.1 Å². The molecule has 1 unspecified atom stereocenters.